The van der Waals surface area contributed by atoms with Crippen molar-refractivity contribution in [1.29, 1.82) is 0 Å². The Hall–Kier alpha value is -0.967. The molecule has 1 unspecified atom stereocenters. The van der Waals surface area contributed by atoms with Crippen molar-refractivity contribution in [3.05, 3.63) is 100 Å². The summed E-state index contributed by atoms with van der Waals surface area (Å²) in [4.78, 5) is 0. The third-order valence-corrected chi connectivity index (χ3v) is 6.58. The van der Waals surface area contributed by atoms with Crippen LogP contribution in [0.4, 0.5) is 0 Å². The maximum Gasteiger partial charge on any atom is 2.00 e. The molecule has 0 saturated carbocycles. The van der Waals surface area contributed by atoms with E-state index >= 15 is 0 Å². The summed E-state index contributed by atoms with van der Waals surface area (Å²) in [6.07, 6.45) is 2.15. The fraction of sp³-hybridized carbons (Fsp3) is 0. The van der Waals surface area contributed by atoms with Crippen molar-refractivity contribution in [2.45, 2.75) is 0 Å². The van der Waals surface area contributed by atoms with Gasteiger partial charge in [-0.1, -0.05) is 108 Å². The fourth-order valence-electron chi connectivity index (χ4n) is 2.30. The quantitative estimate of drug-likeness (QED) is 0.328. The van der Waals surface area contributed by atoms with Crippen LogP contribution in [0.2, 0.25) is 10.0 Å². The molecule has 0 aliphatic rings. The van der Waals surface area contributed by atoms with Crippen LogP contribution >= 0.6 is 31.1 Å². The van der Waals surface area contributed by atoms with Crippen molar-refractivity contribution in [2.24, 2.45) is 0 Å². The molecule has 0 amide bonds. The first-order valence-corrected chi connectivity index (χ1v) is 9.44. The Labute approximate surface area is 167 Å². The van der Waals surface area contributed by atoms with Crippen LogP contribution in [0, 0.1) is 0 Å². The van der Waals surface area contributed by atoms with Crippen LogP contribution < -0.4 is 10.6 Å². The summed E-state index contributed by atoms with van der Waals surface area (Å²) in [6.45, 7) is 0. The Morgan fingerprint density at radius 1 is 0.708 bits per heavy atom. The molecule has 0 fully saturated rings. The molecule has 0 heterocycles. The van der Waals surface area contributed by atoms with Gasteiger partial charge < -0.3 is 0 Å². The normalized spacial score (nSPS) is 11.9. The molecule has 0 aromatic heterocycles. The van der Waals surface area contributed by atoms with E-state index < -0.39 is 7.92 Å². The average molecular weight is 458 g/mol. The molecule has 3 aromatic rings. The van der Waals surface area contributed by atoms with Gasteiger partial charge in [0.25, 0.3) is 0 Å². The Morgan fingerprint density at radius 2 is 1.33 bits per heavy atom. The molecule has 4 heteroatoms. The summed E-state index contributed by atoms with van der Waals surface area (Å²) in [7, 11) is -0.709. The largest absolute Gasteiger partial charge is 2.00 e. The van der Waals surface area contributed by atoms with E-state index in [-0.39, 0.29) is 19.5 Å². The van der Waals surface area contributed by atoms with E-state index in [9.17, 15) is 0 Å². The van der Waals surface area contributed by atoms with Gasteiger partial charge in [-0.05, 0) is 24.9 Å². The first kappa shape index (κ1) is 19.4. The van der Waals surface area contributed by atoms with E-state index in [2.05, 4.69) is 54.4 Å². The van der Waals surface area contributed by atoms with Crippen molar-refractivity contribution in [3.63, 3.8) is 0 Å². The fourth-order valence-corrected chi connectivity index (χ4v) is 4.94. The minimum atomic E-state index is -0.709. The van der Waals surface area contributed by atoms with E-state index in [1.165, 1.54) is 10.9 Å². The molecule has 24 heavy (non-hydrogen) atoms. The van der Waals surface area contributed by atoms with E-state index in [0.29, 0.717) is 10.0 Å². The van der Waals surface area contributed by atoms with Gasteiger partial charge >= 0.3 is 19.5 Å². The number of hydrogen-bond acceptors (Lipinski definition) is 0. The maximum absolute atomic E-state index is 6.47. The zero-order valence-electron chi connectivity index (χ0n) is 12.7. The smallest absolute Gasteiger partial charge is 0.0827 e. The van der Waals surface area contributed by atoms with Crippen molar-refractivity contribution in [2.75, 3.05) is 0 Å². The van der Waals surface area contributed by atoms with Crippen LogP contribution in [-0.4, -0.2) is 0 Å². The number of hydrogen-bond donors (Lipinski definition) is 0. The van der Waals surface area contributed by atoms with Gasteiger partial charge in [-0.2, -0.15) is 0 Å². The summed E-state index contributed by atoms with van der Waals surface area (Å²) >= 11 is 12.7. The molecule has 0 saturated heterocycles. The second-order valence-electron chi connectivity index (χ2n) is 5.00. The third-order valence-electron chi connectivity index (χ3n) is 3.44. The van der Waals surface area contributed by atoms with Crippen LogP contribution in [0.5, 0.6) is 0 Å². The predicted molar refractivity (Wildman–Crippen MR) is 105 cm³/mol. The van der Waals surface area contributed by atoms with Crippen LogP contribution in [0.3, 0.4) is 0 Å². The predicted octanol–water partition coefficient (Wildman–Crippen LogP) is 6.09. The Morgan fingerprint density at radius 3 is 2.00 bits per heavy atom. The van der Waals surface area contributed by atoms with Crippen LogP contribution in [0.1, 0.15) is 5.56 Å². The molecular weight excluding hydrogens is 443 g/mol. The molecule has 0 nitrogen and oxygen atoms in total. The molecule has 3 rings (SSSR count). The molecule has 0 bridgehead atoms. The Bertz CT molecular complexity index is 804. The van der Waals surface area contributed by atoms with Gasteiger partial charge in [0.1, 0.15) is 0 Å². The Kier molecular flexibility index (Phi) is 7.66. The molecular formula is C20H15Cl2PRu+2. The third kappa shape index (κ3) is 4.78. The van der Waals surface area contributed by atoms with Gasteiger partial charge in [0, 0.05) is 5.30 Å². The number of halogens is 2. The van der Waals surface area contributed by atoms with Crippen molar-refractivity contribution in [3.8, 4) is 0 Å². The van der Waals surface area contributed by atoms with E-state index in [0.717, 1.165) is 5.30 Å². The molecule has 0 radical (unpaired) electrons. The number of benzene rings is 3. The van der Waals surface area contributed by atoms with Gasteiger partial charge in [0.2, 0.25) is 0 Å². The molecule has 0 aliphatic heterocycles. The summed E-state index contributed by atoms with van der Waals surface area (Å²) in [5, 5.41) is 3.56. The SMILES string of the molecule is Clc1cccc(P(C=Cc2ccccc2)c2ccccc2)c1Cl.[Ru+2]. The zero-order chi connectivity index (χ0) is 16.1. The molecule has 0 N–H and O–H groups in total. The molecule has 0 spiro atoms. The van der Waals surface area contributed by atoms with Gasteiger partial charge in [0.05, 0.1) is 10.0 Å². The first-order valence-electron chi connectivity index (χ1n) is 7.27. The average Bonchev–Trinajstić information content (AvgIpc) is 2.60. The first-order chi connectivity index (χ1) is 11.3. The van der Waals surface area contributed by atoms with Crippen molar-refractivity contribution >= 4 is 47.8 Å². The van der Waals surface area contributed by atoms with Gasteiger partial charge in [0.15, 0.2) is 0 Å². The van der Waals surface area contributed by atoms with E-state index in [1.807, 2.05) is 36.4 Å². The summed E-state index contributed by atoms with van der Waals surface area (Å²) in [6, 6.07) is 26.5. The van der Waals surface area contributed by atoms with Crippen molar-refractivity contribution < 1.29 is 19.5 Å². The zero-order valence-corrected chi connectivity index (χ0v) is 16.9. The summed E-state index contributed by atoms with van der Waals surface area (Å²) < 4.78 is 0. The van der Waals surface area contributed by atoms with E-state index in [1.54, 1.807) is 0 Å². The topological polar surface area (TPSA) is 0 Å². The van der Waals surface area contributed by atoms with Crippen LogP contribution in [0.15, 0.2) is 84.7 Å². The molecule has 0 aliphatic carbocycles. The maximum atomic E-state index is 6.47. The monoisotopic (exact) mass is 458 g/mol. The van der Waals surface area contributed by atoms with Gasteiger partial charge in [-0.3, -0.25) is 0 Å². The second kappa shape index (κ2) is 9.50. The summed E-state index contributed by atoms with van der Waals surface area (Å²) in [5.41, 5.74) is 1.18. The Balaban J connectivity index is 0.00000208. The minimum Gasteiger partial charge on any atom is -0.0827 e. The standard InChI is InChI=1S/C20H15Cl2P.Ru/c21-18-12-7-13-19(20(18)22)23(17-10-5-2-6-11-17)15-14-16-8-3-1-4-9-16;/h1-15H;/q;+2. The minimum absolute atomic E-state index is 0. The van der Waals surface area contributed by atoms with Gasteiger partial charge in [-0.25, -0.2) is 0 Å². The molecule has 120 valence electrons. The second-order valence-corrected chi connectivity index (χ2v) is 7.83. The van der Waals surface area contributed by atoms with Crippen LogP contribution in [0.25, 0.3) is 6.08 Å². The molecule has 1 atom stereocenters. The van der Waals surface area contributed by atoms with E-state index in [4.69, 9.17) is 23.2 Å². The van der Waals surface area contributed by atoms with Gasteiger partial charge in [-0.15, -0.1) is 0 Å². The molecule has 3 aromatic carbocycles. The van der Waals surface area contributed by atoms with Crippen molar-refractivity contribution in [1.82, 2.24) is 0 Å². The number of rotatable bonds is 4. The summed E-state index contributed by atoms with van der Waals surface area (Å²) in [5.74, 6) is 2.23. The van der Waals surface area contributed by atoms with Crippen LogP contribution in [-0.2, 0) is 19.5 Å².